The molecule has 0 saturated carbocycles. The summed E-state index contributed by atoms with van der Waals surface area (Å²) in [6.07, 6.45) is 3.56. The molecule has 2 heterocycles. The van der Waals surface area contributed by atoms with Crippen LogP contribution in [0.15, 0.2) is 0 Å². The first-order valence-electron chi connectivity index (χ1n) is 7.77. The average Bonchev–Trinajstić information content (AvgIpc) is 2.77. The maximum Gasteiger partial charge on any atom is 0.309 e. The SMILES string of the molecule is CCCC1(C(=O)O)CCN(CCN2C(=O)CCC2=O)CC1. The van der Waals surface area contributed by atoms with E-state index in [-0.39, 0.29) is 11.8 Å². The normalized spacial score (nSPS) is 22.8. The highest BCUT2D eigenvalue weighted by Crippen LogP contribution is 2.36. The number of rotatable bonds is 6. The number of carbonyl (C=O) groups is 3. The van der Waals surface area contributed by atoms with Gasteiger partial charge < -0.3 is 10.0 Å². The number of piperidine rings is 1. The van der Waals surface area contributed by atoms with Crippen LogP contribution in [0.25, 0.3) is 0 Å². The molecule has 6 nitrogen and oxygen atoms in total. The average molecular weight is 296 g/mol. The zero-order valence-electron chi connectivity index (χ0n) is 12.6. The van der Waals surface area contributed by atoms with E-state index in [9.17, 15) is 19.5 Å². The molecular weight excluding hydrogens is 272 g/mol. The number of likely N-dealkylation sites (tertiary alicyclic amines) is 2. The molecule has 2 aliphatic heterocycles. The number of aliphatic carboxylic acids is 1. The lowest BCUT2D eigenvalue weighted by Gasteiger charge is -2.39. The Bertz CT molecular complexity index is 411. The van der Waals surface area contributed by atoms with Crippen LogP contribution in [-0.4, -0.2) is 58.9 Å². The third-order valence-electron chi connectivity index (χ3n) is 4.79. The molecule has 0 spiro atoms. The lowest BCUT2D eigenvalue weighted by atomic mass is 9.75. The number of carboxylic acids is 1. The topological polar surface area (TPSA) is 77.9 Å². The Kier molecular flexibility index (Phi) is 4.98. The number of imide groups is 1. The van der Waals surface area contributed by atoms with Crippen LogP contribution in [0.4, 0.5) is 0 Å². The fraction of sp³-hybridized carbons (Fsp3) is 0.800. The molecule has 0 aromatic heterocycles. The summed E-state index contributed by atoms with van der Waals surface area (Å²) in [5.74, 6) is -0.848. The summed E-state index contributed by atoms with van der Waals surface area (Å²) in [5, 5.41) is 9.46. The molecular formula is C15H24N2O4. The van der Waals surface area contributed by atoms with Gasteiger partial charge in [0, 0.05) is 25.9 Å². The first-order chi connectivity index (χ1) is 9.98. The van der Waals surface area contributed by atoms with E-state index in [1.54, 1.807) is 0 Å². The van der Waals surface area contributed by atoms with Gasteiger partial charge in [-0.15, -0.1) is 0 Å². The predicted octanol–water partition coefficient (Wildman–Crippen LogP) is 1.10. The minimum Gasteiger partial charge on any atom is -0.481 e. The van der Waals surface area contributed by atoms with Gasteiger partial charge in [0.05, 0.1) is 5.41 Å². The van der Waals surface area contributed by atoms with Crippen LogP contribution in [0, 0.1) is 5.41 Å². The highest BCUT2D eigenvalue weighted by Gasteiger charge is 2.40. The standard InChI is InChI=1S/C15H24N2O4/c1-2-5-15(14(20)21)6-8-16(9-7-15)10-11-17-12(18)3-4-13(17)19/h2-11H2,1H3,(H,20,21). The van der Waals surface area contributed by atoms with Crippen LogP contribution in [0.1, 0.15) is 45.4 Å². The minimum absolute atomic E-state index is 0.0807. The summed E-state index contributed by atoms with van der Waals surface area (Å²) < 4.78 is 0. The summed E-state index contributed by atoms with van der Waals surface area (Å²) in [5.41, 5.74) is -0.579. The van der Waals surface area contributed by atoms with Gasteiger partial charge in [0.1, 0.15) is 0 Å². The molecule has 0 radical (unpaired) electrons. The molecule has 0 aromatic carbocycles. The number of nitrogens with zero attached hydrogens (tertiary/aromatic N) is 2. The lowest BCUT2D eigenvalue weighted by molar-refractivity contribution is -0.152. The van der Waals surface area contributed by atoms with Crippen molar-refractivity contribution in [1.29, 1.82) is 0 Å². The summed E-state index contributed by atoms with van der Waals surface area (Å²) in [6, 6.07) is 0. The van der Waals surface area contributed by atoms with Crippen molar-refractivity contribution < 1.29 is 19.5 Å². The highest BCUT2D eigenvalue weighted by molar-refractivity contribution is 6.01. The van der Waals surface area contributed by atoms with Gasteiger partial charge in [-0.3, -0.25) is 19.3 Å². The van der Waals surface area contributed by atoms with Crippen molar-refractivity contribution in [3.8, 4) is 0 Å². The quantitative estimate of drug-likeness (QED) is 0.743. The fourth-order valence-corrected chi connectivity index (χ4v) is 3.37. The van der Waals surface area contributed by atoms with Crippen LogP contribution in [0.2, 0.25) is 0 Å². The van der Waals surface area contributed by atoms with Gasteiger partial charge in [-0.25, -0.2) is 0 Å². The molecule has 0 bridgehead atoms. The Labute approximate surface area is 125 Å². The van der Waals surface area contributed by atoms with Crippen molar-refractivity contribution >= 4 is 17.8 Å². The molecule has 21 heavy (non-hydrogen) atoms. The maximum absolute atomic E-state index is 11.5. The van der Waals surface area contributed by atoms with Gasteiger partial charge in [0.2, 0.25) is 11.8 Å². The predicted molar refractivity (Wildman–Crippen MR) is 76.6 cm³/mol. The van der Waals surface area contributed by atoms with Gasteiger partial charge in [-0.2, -0.15) is 0 Å². The molecule has 0 aliphatic carbocycles. The number of hydrogen-bond donors (Lipinski definition) is 1. The molecule has 0 unspecified atom stereocenters. The van der Waals surface area contributed by atoms with Crippen molar-refractivity contribution in [3.05, 3.63) is 0 Å². The number of hydrogen-bond acceptors (Lipinski definition) is 4. The largest absolute Gasteiger partial charge is 0.481 e. The summed E-state index contributed by atoms with van der Waals surface area (Å²) in [7, 11) is 0. The Morgan fingerprint density at radius 2 is 1.71 bits per heavy atom. The Morgan fingerprint density at radius 3 is 2.19 bits per heavy atom. The van der Waals surface area contributed by atoms with Crippen molar-refractivity contribution in [2.75, 3.05) is 26.2 Å². The van der Waals surface area contributed by atoms with Gasteiger partial charge in [0.25, 0.3) is 0 Å². The Balaban J connectivity index is 1.82. The molecule has 1 N–H and O–H groups in total. The van der Waals surface area contributed by atoms with Crippen molar-refractivity contribution in [1.82, 2.24) is 9.80 Å². The summed E-state index contributed by atoms with van der Waals surface area (Å²) >= 11 is 0. The number of carboxylic acid groups (broad SMARTS) is 1. The molecule has 2 saturated heterocycles. The van der Waals surface area contributed by atoms with E-state index in [2.05, 4.69) is 4.90 Å². The van der Waals surface area contributed by atoms with Crippen LogP contribution < -0.4 is 0 Å². The van der Waals surface area contributed by atoms with Gasteiger partial charge >= 0.3 is 5.97 Å². The van der Waals surface area contributed by atoms with Crippen LogP contribution >= 0.6 is 0 Å². The lowest BCUT2D eigenvalue weighted by Crippen LogP contribution is -2.47. The Hall–Kier alpha value is -1.43. The van der Waals surface area contributed by atoms with E-state index in [1.807, 2.05) is 6.92 Å². The second kappa shape index (κ2) is 6.56. The number of amides is 2. The van der Waals surface area contributed by atoms with Gasteiger partial charge in [-0.05, 0) is 32.4 Å². The molecule has 0 atom stereocenters. The zero-order valence-corrected chi connectivity index (χ0v) is 12.6. The molecule has 6 heteroatoms. The van der Waals surface area contributed by atoms with Crippen LogP contribution in [-0.2, 0) is 14.4 Å². The van der Waals surface area contributed by atoms with E-state index < -0.39 is 11.4 Å². The van der Waals surface area contributed by atoms with Crippen LogP contribution in [0.3, 0.4) is 0 Å². The first-order valence-corrected chi connectivity index (χ1v) is 7.77. The minimum atomic E-state index is -0.686. The summed E-state index contributed by atoms with van der Waals surface area (Å²) in [4.78, 5) is 38.1. The van der Waals surface area contributed by atoms with E-state index in [1.165, 1.54) is 4.90 Å². The third kappa shape index (κ3) is 3.43. The van der Waals surface area contributed by atoms with Crippen molar-refractivity contribution in [2.45, 2.75) is 45.4 Å². The molecule has 118 valence electrons. The molecule has 2 rings (SSSR count). The van der Waals surface area contributed by atoms with E-state index in [4.69, 9.17) is 0 Å². The highest BCUT2D eigenvalue weighted by atomic mass is 16.4. The van der Waals surface area contributed by atoms with Gasteiger partial charge in [0.15, 0.2) is 0 Å². The van der Waals surface area contributed by atoms with E-state index >= 15 is 0 Å². The van der Waals surface area contributed by atoms with Gasteiger partial charge in [-0.1, -0.05) is 13.3 Å². The monoisotopic (exact) mass is 296 g/mol. The van der Waals surface area contributed by atoms with Crippen molar-refractivity contribution in [2.24, 2.45) is 5.41 Å². The molecule has 0 aromatic rings. The van der Waals surface area contributed by atoms with Crippen LogP contribution in [0.5, 0.6) is 0 Å². The van der Waals surface area contributed by atoms with Crippen molar-refractivity contribution in [3.63, 3.8) is 0 Å². The molecule has 2 fully saturated rings. The molecule has 2 amide bonds. The molecule has 2 aliphatic rings. The Morgan fingerprint density at radius 1 is 1.14 bits per heavy atom. The van der Waals surface area contributed by atoms with E-state index in [0.29, 0.717) is 38.8 Å². The van der Waals surface area contributed by atoms with E-state index in [0.717, 1.165) is 25.9 Å². The first kappa shape index (κ1) is 15.9. The smallest absolute Gasteiger partial charge is 0.309 e. The maximum atomic E-state index is 11.5. The summed E-state index contributed by atoms with van der Waals surface area (Å²) in [6.45, 7) is 4.55. The zero-order chi connectivity index (χ0) is 15.5. The second-order valence-corrected chi connectivity index (χ2v) is 6.12. The number of carbonyl (C=O) groups excluding carboxylic acids is 2. The fourth-order valence-electron chi connectivity index (χ4n) is 3.37. The third-order valence-corrected chi connectivity index (χ3v) is 4.79. The second-order valence-electron chi connectivity index (χ2n) is 6.12.